The Kier molecular flexibility index (Phi) is 4.28. The third-order valence-corrected chi connectivity index (χ3v) is 3.80. The predicted octanol–water partition coefficient (Wildman–Crippen LogP) is 2.21. The van der Waals surface area contributed by atoms with Gasteiger partial charge in [0.15, 0.2) is 0 Å². The van der Waals surface area contributed by atoms with Crippen molar-refractivity contribution in [3.63, 3.8) is 0 Å². The van der Waals surface area contributed by atoms with E-state index in [1.165, 1.54) is 16.1 Å². The summed E-state index contributed by atoms with van der Waals surface area (Å²) >= 11 is 1.72. The van der Waals surface area contributed by atoms with Crippen molar-refractivity contribution in [1.82, 2.24) is 20.5 Å². The van der Waals surface area contributed by atoms with Gasteiger partial charge in [0.1, 0.15) is 0 Å². The monoisotopic (exact) mass is 250 g/mol. The van der Waals surface area contributed by atoms with Gasteiger partial charge in [-0.15, -0.1) is 11.3 Å². The molecule has 0 spiro atoms. The molecule has 0 radical (unpaired) electrons. The number of nitrogens with one attached hydrogen (secondary N) is 2. The fourth-order valence-electron chi connectivity index (χ4n) is 1.73. The highest BCUT2D eigenvalue weighted by molar-refractivity contribution is 7.09. The summed E-state index contributed by atoms with van der Waals surface area (Å²) in [5.74, 6) is 0. The lowest BCUT2D eigenvalue weighted by atomic mass is 10.1. The van der Waals surface area contributed by atoms with E-state index in [1.54, 1.807) is 11.3 Å². The van der Waals surface area contributed by atoms with Gasteiger partial charge in [-0.05, 0) is 38.8 Å². The van der Waals surface area contributed by atoms with Crippen LogP contribution in [0.15, 0.2) is 11.7 Å². The SMILES string of the molecule is Cc1ncsc1CNCCCc1cn[nH]c1C. The summed E-state index contributed by atoms with van der Waals surface area (Å²) in [7, 11) is 0. The van der Waals surface area contributed by atoms with Crippen molar-refractivity contribution >= 4 is 11.3 Å². The van der Waals surface area contributed by atoms with Crippen molar-refractivity contribution in [3.8, 4) is 0 Å². The number of aromatic nitrogens is 3. The lowest BCUT2D eigenvalue weighted by molar-refractivity contribution is 0.651. The molecule has 0 saturated heterocycles. The minimum atomic E-state index is 0.931. The highest BCUT2D eigenvalue weighted by Gasteiger charge is 2.01. The quantitative estimate of drug-likeness (QED) is 0.773. The van der Waals surface area contributed by atoms with Crippen molar-refractivity contribution in [2.75, 3.05) is 6.54 Å². The van der Waals surface area contributed by atoms with Gasteiger partial charge >= 0.3 is 0 Å². The van der Waals surface area contributed by atoms with Crippen molar-refractivity contribution in [2.24, 2.45) is 0 Å². The number of rotatable bonds is 6. The Bertz CT molecular complexity index is 418. The van der Waals surface area contributed by atoms with Gasteiger partial charge in [-0.1, -0.05) is 0 Å². The Hall–Kier alpha value is -1.20. The van der Waals surface area contributed by atoms with Crippen LogP contribution in [0.3, 0.4) is 0 Å². The zero-order valence-electron chi connectivity index (χ0n) is 10.3. The van der Waals surface area contributed by atoms with Gasteiger partial charge < -0.3 is 5.32 Å². The Labute approximate surface area is 105 Å². The van der Waals surface area contributed by atoms with E-state index in [4.69, 9.17) is 0 Å². The van der Waals surface area contributed by atoms with Gasteiger partial charge in [-0.3, -0.25) is 5.10 Å². The van der Waals surface area contributed by atoms with Gasteiger partial charge in [-0.25, -0.2) is 4.98 Å². The molecule has 17 heavy (non-hydrogen) atoms. The number of thiazole rings is 1. The van der Waals surface area contributed by atoms with E-state index < -0.39 is 0 Å². The normalized spacial score (nSPS) is 10.9. The second-order valence-corrected chi connectivity index (χ2v) is 5.10. The van der Waals surface area contributed by atoms with Crippen molar-refractivity contribution < 1.29 is 0 Å². The van der Waals surface area contributed by atoms with Crippen LogP contribution in [0.2, 0.25) is 0 Å². The molecular formula is C12H18N4S. The summed E-state index contributed by atoms with van der Waals surface area (Å²) in [6.45, 7) is 6.08. The summed E-state index contributed by atoms with van der Waals surface area (Å²) in [5, 5.41) is 10.4. The molecule has 4 nitrogen and oxygen atoms in total. The number of H-pyrrole nitrogens is 1. The van der Waals surface area contributed by atoms with Crippen LogP contribution in [0.25, 0.3) is 0 Å². The van der Waals surface area contributed by atoms with Crippen LogP contribution in [0.5, 0.6) is 0 Å². The van der Waals surface area contributed by atoms with Crippen LogP contribution in [-0.2, 0) is 13.0 Å². The van der Waals surface area contributed by atoms with Crippen molar-refractivity contribution in [1.29, 1.82) is 0 Å². The number of nitrogens with zero attached hydrogens (tertiary/aromatic N) is 2. The van der Waals surface area contributed by atoms with Crippen LogP contribution >= 0.6 is 11.3 Å². The van der Waals surface area contributed by atoms with E-state index in [2.05, 4.69) is 34.3 Å². The number of aromatic amines is 1. The molecule has 0 aliphatic carbocycles. The number of hydrogen-bond acceptors (Lipinski definition) is 4. The van der Waals surface area contributed by atoms with Gasteiger partial charge in [0.25, 0.3) is 0 Å². The van der Waals surface area contributed by atoms with E-state index in [-0.39, 0.29) is 0 Å². The lowest BCUT2D eigenvalue weighted by Crippen LogP contribution is -2.15. The molecule has 5 heteroatoms. The molecule has 2 aromatic heterocycles. The molecule has 0 bridgehead atoms. The smallest absolute Gasteiger partial charge is 0.0798 e. The van der Waals surface area contributed by atoms with E-state index in [0.717, 1.165) is 31.6 Å². The van der Waals surface area contributed by atoms with Gasteiger partial charge in [0, 0.05) is 17.1 Å². The minimum Gasteiger partial charge on any atom is -0.312 e. The topological polar surface area (TPSA) is 53.6 Å². The van der Waals surface area contributed by atoms with Crippen LogP contribution in [-0.4, -0.2) is 21.7 Å². The Balaban J connectivity index is 1.64. The largest absolute Gasteiger partial charge is 0.312 e. The van der Waals surface area contributed by atoms with Gasteiger partial charge in [-0.2, -0.15) is 5.10 Å². The van der Waals surface area contributed by atoms with Crippen LogP contribution in [0.4, 0.5) is 0 Å². The van der Waals surface area contributed by atoms with Crippen LogP contribution < -0.4 is 5.32 Å². The highest BCUT2D eigenvalue weighted by atomic mass is 32.1. The fraction of sp³-hybridized carbons (Fsp3) is 0.500. The minimum absolute atomic E-state index is 0.931. The maximum absolute atomic E-state index is 4.23. The average Bonchev–Trinajstić information content (AvgIpc) is 2.89. The van der Waals surface area contributed by atoms with Gasteiger partial charge in [0.05, 0.1) is 17.4 Å². The third-order valence-electron chi connectivity index (χ3n) is 2.86. The maximum atomic E-state index is 4.23. The van der Waals surface area contributed by atoms with Gasteiger partial charge in [0.2, 0.25) is 0 Å². The third kappa shape index (κ3) is 3.38. The molecule has 2 heterocycles. The first-order valence-electron chi connectivity index (χ1n) is 5.86. The zero-order chi connectivity index (χ0) is 12.1. The summed E-state index contributed by atoms with van der Waals surface area (Å²) in [6, 6.07) is 0. The zero-order valence-corrected chi connectivity index (χ0v) is 11.1. The predicted molar refractivity (Wildman–Crippen MR) is 70.2 cm³/mol. The molecule has 0 aliphatic heterocycles. The first-order valence-corrected chi connectivity index (χ1v) is 6.74. The molecule has 0 saturated carbocycles. The summed E-state index contributed by atoms with van der Waals surface area (Å²) in [4.78, 5) is 5.57. The molecule has 2 rings (SSSR count). The molecule has 0 aromatic carbocycles. The summed E-state index contributed by atoms with van der Waals surface area (Å²) < 4.78 is 0. The molecule has 2 aromatic rings. The number of aryl methyl sites for hydroxylation is 3. The highest BCUT2D eigenvalue weighted by Crippen LogP contribution is 2.11. The van der Waals surface area contributed by atoms with Crippen molar-refractivity contribution in [3.05, 3.63) is 33.5 Å². The molecular weight excluding hydrogens is 232 g/mol. The van der Waals surface area contributed by atoms with Crippen LogP contribution in [0.1, 0.15) is 28.2 Å². The number of hydrogen-bond donors (Lipinski definition) is 2. The van der Waals surface area contributed by atoms with E-state index in [9.17, 15) is 0 Å². The molecule has 0 atom stereocenters. The van der Waals surface area contributed by atoms with E-state index in [1.807, 2.05) is 11.7 Å². The fourth-order valence-corrected chi connectivity index (χ4v) is 2.48. The average molecular weight is 250 g/mol. The Morgan fingerprint density at radius 2 is 2.29 bits per heavy atom. The molecule has 2 N–H and O–H groups in total. The first kappa shape index (κ1) is 12.3. The second kappa shape index (κ2) is 5.93. The van der Waals surface area contributed by atoms with Crippen LogP contribution in [0, 0.1) is 13.8 Å². The molecule has 0 fully saturated rings. The second-order valence-electron chi connectivity index (χ2n) is 4.16. The first-order chi connectivity index (χ1) is 8.27. The Morgan fingerprint density at radius 1 is 1.41 bits per heavy atom. The lowest BCUT2D eigenvalue weighted by Gasteiger charge is -2.03. The Morgan fingerprint density at radius 3 is 2.94 bits per heavy atom. The summed E-state index contributed by atoms with van der Waals surface area (Å²) in [5.41, 5.74) is 5.55. The molecule has 0 unspecified atom stereocenters. The maximum Gasteiger partial charge on any atom is 0.0798 e. The molecule has 0 amide bonds. The molecule has 92 valence electrons. The summed E-state index contributed by atoms with van der Waals surface area (Å²) in [6.07, 6.45) is 4.14. The van der Waals surface area contributed by atoms with E-state index in [0.29, 0.717) is 0 Å². The van der Waals surface area contributed by atoms with E-state index >= 15 is 0 Å². The molecule has 0 aliphatic rings. The van der Waals surface area contributed by atoms with Crippen molar-refractivity contribution in [2.45, 2.75) is 33.2 Å². The standard InChI is InChI=1S/C12H18N4S/c1-9-11(6-15-16-9)4-3-5-13-7-12-10(2)14-8-17-12/h6,8,13H,3-5,7H2,1-2H3,(H,15,16).